The Hall–Kier alpha value is -2.33. The van der Waals surface area contributed by atoms with Crippen molar-refractivity contribution in [2.24, 2.45) is 0 Å². The molecule has 1 fully saturated rings. The van der Waals surface area contributed by atoms with E-state index in [9.17, 15) is 4.79 Å². The van der Waals surface area contributed by atoms with Crippen LogP contribution in [0.2, 0.25) is 0 Å². The number of nitrogens with one attached hydrogen (secondary N) is 2. The molecule has 0 radical (unpaired) electrons. The Labute approximate surface area is 142 Å². The van der Waals surface area contributed by atoms with Crippen molar-refractivity contribution in [2.75, 3.05) is 19.7 Å². The molecule has 0 saturated carbocycles. The number of carbonyl (C=O) groups is 1. The van der Waals surface area contributed by atoms with Crippen molar-refractivity contribution >= 4 is 6.09 Å². The molecule has 2 aromatic carbocycles. The molecule has 4 nitrogen and oxygen atoms in total. The lowest BCUT2D eigenvalue weighted by Gasteiger charge is -2.23. The van der Waals surface area contributed by atoms with Crippen LogP contribution >= 0.6 is 0 Å². The van der Waals surface area contributed by atoms with Gasteiger partial charge in [0.1, 0.15) is 6.61 Å². The second kappa shape index (κ2) is 6.65. The smallest absolute Gasteiger partial charge is 0.407 e. The van der Waals surface area contributed by atoms with Gasteiger partial charge in [0, 0.05) is 12.0 Å². The van der Waals surface area contributed by atoms with Crippen LogP contribution in [-0.2, 0) is 4.74 Å². The van der Waals surface area contributed by atoms with Crippen LogP contribution in [0, 0.1) is 0 Å². The van der Waals surface area contributed by atoms with Crippen molar-refractivity contribution in [1.29, 1.82) is 0 Å². The lowest BCUT2D eigenvalue weighted by molar-refractivity contribution is 0.137. The average molecular weight is 322 g/mol. The predicted octanol–water partition coefficient (Wildman–Crippen LogP) is 3.28. The fourth-order valence-corrected chi connectivity index (χ4v) is 3.77. The van der Waals surface area contributed by atoms with Crippen LogP contribution in [0.3, 0.4) is 0 Å². The molecule has 2 N–H and O–H groups in total. The van der Waals surface area contributed by atoms with E-state index in [1.807, 2.05) is 12.1 Å². The molecule has 1 heterocycles. The molecule has 1 aliphatic carbocycles. The highest BCUT2D eigenvalue weighted by Crippen LogP contribution is 2.44. The Balaban J connectivity index is 1.45. The van der Waals surface area contributed by atoms with Gasteiger partial charge in [0.05, 0.1) is 0 Å². The second-order valence-electron chi connectivity index (χ2n) is 6.49. The number of hydrogen-bond donors (Lipinski definition) is 2. The van der Waals surface area contributed by atoms with Gasteiger partial charge in [-0.3, -0.25) is 0 Å². The Morgan fingerprint density at radius 1 is 1.00 bits per heavy atom. The van der Waals surface area contributed by atoms with Crippen LogP contribution in [0.25, 0.3) is 11.1 Å². The van der Waals surface area contributed by atoms with Gasteiger partial charge in [-0.15, -0.1) is 0 Å². The zero-order valence-electron chi connectivity index (χ0n) is 13.6. The number of amides is 1. The maximum Gasteiger partial charge on any atom is 0.407 e. The van der Waals surface area contributed by atoms with Crippen molar-refractivity contribution in [1.82, 2.24) is 10.6 Å². The van der Waals surface area contributed by atoms with Crippen LogP contribution in [0.15, 0.2) is 48.5 Å². The van der Waals surface area contributed by atoms with Crippen LogP contribution in [0.1, 0.15) is 29.9 Å². The van der Waals surface area contributed by atoms with E-state index in [0.29, 0.717) is 6.61 Å². The van der Waals surface area contributed by atoms with Crippen LogP contribution in [0.5, 0.6) is 0 Å². The third-order valence-corrected chi connectivity index (χ3v) is 5.00. The summed E-state index contributed by atoms with van der Waals surface area (Å²) in [6, 6.07) is 17.0. The van der Waals surface area contributed by atoms with Crippen molar-refractivity contribution < 1.29 is 9.53 Å². The number of hydrogen-bond acceptors (Lipinski definition) is 3. The standard InChI is InChI=1S/C20H22N2O2/c23-20(22-14-9-11-21-12-10-14)24-13-19-17-7-3-1-5-15(17)16-6-2-4-8-18(16)19/h1-8,14,19,21H,9-13H2,(H,22,23). The Morgan fingerprint density at radius 2 is 1.58 bits per heavy atom. The molecule has 1 aliphatic heterocycles. The summed E-state index contributed by atoms with van der Waals surface area (Å²) in [6.07, 6.45) is 1.62. The van der Waals surface area contributed by atoms with E-state index >= 15 is 0 Å². The molecule has 4 rings (SSSR count). The maximum absolute atomic E-state index is 12.1. The lowest BCUT2D eigenvalue weighted by atomic mass is 9.98. The first-order chi connectivity index (χ1) is 11.8. The van der Waals surface area contributed by atoms with Gasteiger partial charge in [-0.2, -0.15) is 0 Å². The van der Waals surface area contributed by atoms with Crippen LogP contribution in [0.4, 0.5) is 4.79 Å². The summed E-state index contributed by atoms with van der Waals surface area (Å²) >= 11 is 0. The SMILES string of the molecule is O=C(NC1CCNCC1)OCC1c2ccccc2-c2ccccc21. The minimum atomic E-state index is -0.302. The minimum Gasteiger partial charge on any atom is -0.449 e. The summed E-state index contributed by atoms with van der Waals surface area (Å²) in [5, 5.41) is 6.28. The number of carbonyl (C=O) groups excluding carboxylic acids is 1. The molecular formula is C20H22N2O2. The van der Waals surface area contributed by atoms with Gasteiger partial charge in [-0.05, 0) is 48.2 Å². The van der Waals surface area contributed by atoms with Crippen molar-refractivity contribution in [3.05, 3.63) is 59.7 Å². The average Bonchev–Trinajstić information content (AvgIpc) is 2.95. The summed E-state index contributed by atoms with van der Waals surface area (Å²) < 4.78 is 5.57. The zero-order chi connectivity index (χ0) is 16.4. The highest BCUT2D eigenvalue weighted by molar-refractivity contribution is 5.79. The van der Waals surface area contributed by atoms with Gasteiger partial charge >= 0.3 is 6.09 Å². The molecular weight excluding hydrogens is 300 g/mol. The fraction of sp³-hybridized carbons (Fsp3) is 0.350. The summed E-state index contributed by atoms with van der Waals surface area (Å²) in [5.74, 6) is 0.121. The third-order valence-electron chi connectivity index (χ3n) is 5.00. The Morgan fingerprint density at radius 3 is 2.21 bits per heavy atom. The molecule has 0 bridgehead atoms. The van der Waals surface area contributed by atoms with Crippen molar-refractivity contribution in [3.8, 4) is 11.1 Å². The molecule has 0 aromatic heterocycles. The molecule has 2 aromatic rings. The summed E-state index contributed by atoms with van der Waals surface area (Å²) in [4.78, 5) is 12.1. The summed E-state index contributed by atoms with van der Waals surface area (Å²) in [6.45, 7) is 2.29. The van der Waals surface area contributed by atoms with Crippen LogP contribution in [-0.4, -0.2) is 31.8 Å². The highest BCUT2D eigenvalue weighted by Gasteiger charge is 2.29. The van der Waals surface area contributed by atoms with Gasteiger partial charge < -0.3 is 15.4 Å². The number of ether oxygens (including phenoxy) is 1. The molecule has 124 valence electrons. The monoisotopic (exact) mass is 322 g/mol. The van der Waals surface area contributed by atoms with E-state index in [4.69, 9.17) is 4.74 Å². The van der Waals surface area contributed by atoms with Gasteiger partial charge in [0.2, 0.25) is 0 Å². The Bertz CT molecular complexity index is 692. The minimum absolute atomic E-state index is 0.121. The van der Waals surface area contributed by atoms with Crippen molar-refractivity contribution in [3.63, 3.8) is 0 Å². The van der Waals surface area contributed by atoms with Gasteiger partial charge in [0.25, 0.3) is 0 Å². The van der Waals surface area contributed by atoms with E-state index in [2.05, 4.69) is 47.0 Å². The van der Waals surface area contributed by atoms with Crippen LogP contribution < -0.4 is 10.6 Å². The molecule has 0 spiro atoms. The molecule has 2 aliphatic rings. The number of benzene rings is 2. The first-order valence-electron chi connectivity index (χ1n) is 8.65. The van der Waals surface area contributed by atoms with E-state index in [0.717, 1.165) is 25.9 Å². The van der Waals surface area contributed by atoms with E-state index in [-0.39, 0.29) is 18.1 Å². The summed E-state index contributed by atoms with van der Waals surface area (Å²) in [5.41, 5.74) is 4.99. The molecule has 0 atom stereocenters. The van der Waals surface area contributed by atoms with Gasteiger partial charge in [-0.1, -0.05) is 48.5 Å². The number of piperidine rings is 1. The largest absolute Gasteiger partial charge is 0.449 e. The van der Waals surface area contributed by atoms with Crippen molar-refractivity contribution in [2.45, 2.75) is 24.8 Å². The third kappa shape index (κ3) is 2.89. The number of alkyl carbamates (subject to hydrolysis) is 1. The fourth-order valence-electron chi connectivity index (χ4n) is 3.77. The topological polar surface area (TPSA) is 50.4 Å². The van der Waals surface area contributed by atoms with Gasteiger partial charge in [-0.25, -0.2) is 4.79 Å². The normalized spacial score (nSPS) is 17.2. The van der Waals surface area contributed by atoms with E-state index in [1.165, 1.54) is 22.3 Å². The quantitative estimate of drug-likeness (QED) is 0.912. The Kier molecular flexibility index (Phi) is 4.22. The zero-order valence-corrected chi connectivity index (χ0v) is 13.6. The summed E-state index contributed by atoms with van der Waals surface area (Å²) in [7, 11) is 0. The maximum atomic E-state index is 12.1. The number of fused-ring (bicyclic) bond motifs is 3. The number of rotatable bonds is 3. The molecule has 1 saturated heterocycles. The van der Waals surface area contributed by atoms with E-state index < -0.39 is 0 Å². The first kappa shape index (κ1) is 15.2. The molecule has 4 heteroatoms. The predicted molar refractivity (Wildman–Crippen MR) is 94.1 cm³/mol. The molecule has 24 heavy (non-hydrogen) atoms. The lowest BCUT2D eigenvalue weighted by Crippen LogP contribution is -2.43. The second-order valence-corrected chi connectivity index (χ2v) is 6.49. The molecule has 0 unspecified atom stereocenters. The highest BCUT2D eigenvalue weighted by atomic mass is 16.5. The first-order valence-corrected chi connectivity index (χ1v) is 8.65. The molecule has 1 amide bonds. The van der Waals surface area contributed by atoms with Gasteiger partial charge in [0.15, 0.2) is 0 Å². The van der Waals surface area contributed by atoms with E-state index in [1.54, 1.807) is 0 Å².